The number of hydrogen-bond donors (Lipinski definition) is 1. The highest BCUT2D eigenvalue weighted by Gasteiger charge is 2.13. The Labute approximate surface area is 111 Å². The van der Waals surface area contributed by atoms with Crippen LogP contribution in [0.4, 0.5) is 4.39 Å². The molecule has 18 heavy (non-hydrogen) atoms. The van der Waals surface area contributed by atoms with Gasteiger partial charge in [0.05, 0.1) is 6.04 Å². The molecule has 2 rings (SSSR count). The van der Waals surface area contributed by atoms with Crippen LogP contribution >= 0.6 is 11.3 Å². The van der Waals surface area contributed by atoms with Crippen molar-refractivity contribution in [3.8, 4) is 0 Å². The van der Waals surface area contributed by atoms with Gasteiger partial charge >= 0.3 is 0 Å². The number of thiazole rings is 1. The van der Waals surface area contributed by atoms with Gasteiger partial charge in [-0.1, -0.05) is 12.1 Å². The molecular formula is C14H17FN2S. The highest BCUT2D eigenvalue weighted by Crippen LogP contribution is 2.21. The number of rotatable bonds is 4. The van der Waals surface area contributed by atoms with Crippen LogP contribution in [0.5, 0.6) is 0 Å². The Morgan fingerprint density at radius 3 is 2.67 bits per heavy atom. The van der Waals surface area contributed by atoms with Crippen molar-refractivity contribution in [2.75, 3.05) is 0 Å². The van der Waals surface area contributed by atoms with Gasteiger partial charge in [0.2, 0.25) is 0 Å². The lowest BCUT2D eigenvalue weighted by molar-refractivity contribution is 0.490. The van der Waals surface area contributed by atoms with Gasteiger partial charge in [0.15, 0.2) is 0 Å². The maximum atomic E-state index is 13.5. The minimum absolute atomic E-state index is 0.0963. The molecule has 0 radical (unpaired) electrons. The average molecular weight is 264 g/mol. The van der Waals surface area contributed by atoms with E-state index in [0.717, 1.165) is 10.6 Å². The van der Waals surface area contributed by atoms with Crippen molar-refractivity contribution in [3.63, 3.8) is 0 Å². The first-order valence-corrected chi connectivity index (χ1v) is 6.87. The highest BCUT2D eigenvalue weighted by molar-refractivity contribution is 7.09. The van der Waals surface area contributed by atoms with Gasteiger partial charge in [0.25, 0.3) is 0 Å². The normalized spacial score (nSPS) is 14.4. The summed E-state index contributed by atoms with van der Waals surface area (Å²) in [5.41, 5.74) is 1.64. The standard InChI is InChI=1S/C14H17FN2S/c1-9-4-5-12(8-13(9)15)10(2)17-11(3)14-16-6-7-18-14/h4-8,10-11,17H,1-3H3. The minimum atomic E-state index is -0.150. The molecule has 96 valence electrons. The van der Waals surface area contributed by atoms with Gasteiger partial charge in [-0.25, -0.2) is 9.37 Å². The zero-order valence-corrected chi connectivity index (χ0v) is 11.6. The van der Waals surface area contributed by atoms with Crippen molar-refractivity contribution in [3.05, 3.63) is 51.7 Å². The number of hydrogen-bond acceptors (Lipinski definition) is 3. The lowest BCUT2D eigenvalue weighted by Gasteiger charge is -2.19. The third-order valence-corrected chi connectivity index (χ3v) is 3.98. The zero-order valence-electron chi connectivity index (χ0n) is 10.8. The number of benzene rings is 1. The predicted octanol–water partition coefficient (Wildman–Crippen LogP) is 4.00. The number of nitrogens with zero attached hydrogens (tertiary/aromatic N) is 1. The van der Waals surface area contributed by atoms with E-state index in [9.17, 15) is 4.39 Å². The maximum absolute atomic E-state index is 13.5. The molecule has 0 bridgehead atoms. The van der Waals surface area contributed by atoms with Crippen LogP contribution < -0.4 is 5.32 Å². The molecule has 0 amide bonds. The van der Waals surface area contributed by atoms with Crippen LogP contribution in [0.1, 0.15) is 42.1 Å². The van der Waals surface area contributed by atoms with E-state index in [1.165, 1.54) is 0 Å². The molecule has 0 aliphatic rings. The molecule has 2 unspecified atom stereocenters. The summed E-state index contributed by atoms with van der Waals surface area (Å²) in [5.74, 6) is -0.150. The molecule has 2 nitrogen and oxygen atoms in total. The SMILES string of the molecule is Cc1ccc(C(C)NC(C)c2nccs2)cc1F. The Kier molecular flexibility index (Phi) is 4.09. The maximum Gasteiger partial charge on any atom is 0.126 e. The summed E-state index contributed by atoms with van der Waals surface area (Å²) >= 11 is 1.63. The van der Waals surface area contributed by atoms with Crippen molar-refractivity contribution in [2.45, 2.75) is 32.9 Å². The molecule has 0 aliphatic heterocycles. The van der Waals surface area contributed by atoms with Crippen LogP contribution in [-0.2, 0) is 0 Å². The van der Waals surface area contributed by atoms with E-state index in [1.54, 1.807) is 30.5 Å². The van der Waals surface area contributed by atoms with Crippen molar-refractivity contribution < 1.29 is 4.39 Å². The lowest BCUT2D eigenvalue weighted by atomic mass is 10.1. The van der Waals surface area contributed by atoms with E-state index in [-0.39, 0.29) is 17.9 Å². The second kappa shape index (κ2) is 5.59. The third kappa shape index (κ3) is 2.94. The van der Waals surface area contributed by atoms with Crippen LogP contribution in [0.3, 0.4) is 0 Å². The van der Waals surface area contributed by atoms with Crippen molar-refractivity contribution in [1.29, 1.82) is 0 Å². The Morgan fingerprint density at radius 1 is 1.28 bits per heavy atom. The summed E-state index contributed by atoms with van der Waals surface area (Å²) in [7, 11) is 0. The second-order valence-electron chi connectivity index (χ2n) is 4.49. The fourth-order valence-electron chi connectivity index (χ4n) is 1.87. The van der Waals surface area contributed by atoms with E-state index in [0.29, 0.717) is 5.56 Å². The average Bonchev–Trinajstić information content (AvgIpc) is 2.86. The molecule has 4 heteroatoms. The van der Waals surface area contributed by atoms with Crippen LogP contribution in [-0.4, -0.2) is 4.98 Å². The summed E-state index contributed by atoms with van der Waals surface area (Å²) in [5, 5.41) is 6.44. The molecule has 2 aromatic rings. The molecule has 0 spiro atoms. The molecule has 1 aromatic heterocycles. The largest absolute Gasteiger partial charge is 0.302 e. The lowest BCUT2D eigenvalue weighted by Crippen LogP contribution is -2.22. The first kappa shape index (κ1) is 13.2. The summed E-state index contributed by atoms with van der Waals surface area (Å²) in [6, 6.07) is 5.65. The van der Waals surface area contributed by atoms with E-state index >= 15 is 0 Å². The minimum Gasteiger partial charge on any atom is -0.302 e. The predicted molar refractivity (Wildman–Crippen MR) is 73.2 cm³/mol. The van der Waals surface area contributed by atoms with E-state index < -0.39 is 0 Å². The smallest absolute Gasteiger partial charge is 0.126 e. The molecule has 0 saturated carbocycles. The zero-order chi connectivity index (χ0) is 13.1. The first-order valence-electron chi connectivity index (χ1n) is 5.99. The Bertz CT molecular complexity index is 511. The molecule has 1 heterocycles. The van der Waals surface area contributed by atoms with Gasteiger partial charge < -0.3 is 5.32 Å². The summed E-state index contributed by atoms with van der Waals surface area (Å²) in [6.07, 6.45) is 1.80. The van der Waals surface area contributed by atoms with Gasteiger partial charge in [-0.05, 0) is 38.0 Å². The summed E-state index contributed by atoms with van der Waals surface area (Å²) in [4.78, 5) is 4.28. The van der Waals surface area contributed by atoms with Crippen LogP contribution in [0.2, 0.25) is 0 Å². The van der Waals surface area contributed by atoms with Crippen LogP contribution in [0, 0.1) is 12.7 Å². The monoisotopic (exact) mass is 264 g/mol. The number of halogens is 1. The van der Waals surface area contributed by atoms with Gasteiger partial charge in [-0.3, -0.25) is 0 Å². The second-order valence-corrected chi connectivity index (χ2v) is 5.42. The molecule has 0 fully saturated rings. The van der Waals surface area contributed by atoms with Crippen LogP contribution in [0.25, 0.3) is 0 Å². The van der Waals surface area contributed by atoms with Gasteiger partial charge in [-0.2, -0.15) is 0 Å². The fourth-order valence-corrected chi connectivity index (χ4v) is 2.52. The number of nitrogens with one attached hydrogen (secondary N) is 1. The highest BCUT2D eigenvalue weighted by atomic mass is 32.1. The Hall–Kier alpha value is -1.26. The third-order valence-electron chi connectivity index (χ3n) is 3.02. The fraction of sp³-hybridized carbons (Fsp3) is 0.357. The van der Waals surface area contributed by atoms with E-state index in [4.69, 9.17) is 0 Å². The number of aryl methyl sites for hydroxylation is 1. The Morgan fingerprint density at radius 2 is 2.06 bits per heavy atom. The van der Waals surface area contributed by atoms with E-state index in [1.807, 2.05) is 24.4 Å². The number of aromatic nitrogens is 1. The molecule has 1 N–H and O–H groups in total. The van der Waals surface area contributed by atoms with Gasteiger partial charge in [0, 0.05) is 17.6 Å². The Balaban J connectivity index is 2.07. The van der Waals surface area contributed by atoms with Crippen molar-refractivity contribution >= 4 is 11.3 Å². The molecule has 0 saturated heterocycles. The summed E-state index contributed by atoms with van der Waals surface area (Å²) in [6.45, 7) is 5.88. The van der Waals surface area contributed by atoms with Crippen LogP contribution in [0.15, 0.2) is 29.8 Å². The van der Waals surface area contributed by atoms with E-state index in [2.05, 4.69) is 17.2 Å². The quantitative estimate of drug-likeness (QED) is 0.902. The molecule has 2 atom stereocenters. The topological polar surface area (TPSA) is 24.9 Å². The van der Waals surface area contributed by atoms with Gasteiger partial charge in [-0.15, -0.1) is 11.3 Å². The molecule has 1 aromatic carbocycles. The molecule has 0 aliphatic carbocycles. The summed E-state index contributed by atoms with van der Waals surface area (Å²) < 4.78 is 13.5. The van der Waals surface area contributed by atoms with Gasteiger partial charge in [0.1, 0.15) is 10.8 Å². The first-order chi connectivity index (χ1) is 8.58. The van der Waals surface area contributed by atoms with Crippen molar-refractivity contribution in [1.82, 2.24) is 10.3 Å². The molecular weight excluding hydrogens is 247 g/mol. The van der Waals surface area contributed by atoms with Crippen molar-refractivity contribution in [2.24, 2.45) is 0 Å².